The van der Waals surface area contributed by atoms with E-state index < -0.39 is 0 Å². The zero-order valence-corrected chi connectivity index (χ0v) is 6.61. The van der Waals surface area contributed by atoms with Crippen molar-refractivity contribution in [2.45, 2.75) is 6.92 Å². The lowest BCUT2D eigenvalue weighted by Gasteiger charge is -1.95. The van der Waals surface area contributed by atoms with Crippen molar-refractivity contribution in [3.8, 4) is 0 Å². The van der Waals surface area contributed by atoms with Crippen LogP contribution in [0.2, 0.25) is 0 Å². The molecule has 0 aliphatic rings. The van der Waals surface area contributed by atoms with Crippen LogP contribution in [0.15, 0.2) is 23.5 Å². The largest absolute Gasteiger partial charge is 0.399 e. The van der Waals surface area contributed by atoms with Gasteiger partial charge < -0.3 is 4.84 Å². The fraction of sp³-hybridized carbons (Fsp3) is 0.250. The van der Waals surface area contributed by atoms with Gasteiger partial charge in [-0.2, -0.15) is 0 Å². The van der Waals surface area contributed by atoms with Crippen LogP contribution in [0.5, 0.6) is 0 Å². The summed E-state index contributed by atoms with van der Waals surface area (Å²) >= 11 is 0. The van der Waals surface area contributed by atoms with E-state index in [4.69, 9.17) is 0 Å². The Morgan fingerprint density at radius 2 is 2.45 bits per heavy atom. The quantitative estimate of drug-likeness (QED) is 0.471. The Kier molecular flexibility index (Phi) is 2.60. The second-order valence-electron chi connectivity index (χ2n) is 2.10. The molecule has 1 aromatic rings. The molecule has 3 nitrogen and oxygen atoms in total. The summed E-state index contributed by atoms with van der Waals surface area (Å²) in [4.78, 5) is 8.63. The molecule has 0 saturated carbocycles. The van der Waals surface area contributed by atoms with Crippen molar-refractivity contribution in [3.05, 3.63) is 29.6 Å². The molecule has 0 saturated heterocycles. The molecular weight excluding hydrogens is 140 g/mol. The third-order valence-corrected chi connectivity index (χ3v) is 1.35. The Morgan fingerprint density at radius 3 is 3.09 bits per heavy atom. The Morgan fingerprint density at radius 1 is 1.64 bits per heavy atom. The topological polar surface area (TPSA) is 34.5 Å². The van der Waals surface area contributed by atoms with Crippen LogP contribution in [0.25, 0.3) is 0 Å². The average molecular weight is 150 g/mol. The minimum absolute atomic E-state index is 0.952. The van der Waals surface area contributed by atoms with Gasteiger partial charge >= 0.3 is 0 Å². The highest BCUT2D eigenvalue weighted by Crippen LogP contribution is 1.99. The molecule has 0 radical (unpaired) electrons. The van der Waals surface area contributed by atoms with Crippen molar-refractivity contribution >= 4 is 6.21 Å². The van der Waals surface area contributed by atoms with Crippen LogP contribution in [-0.2, 0) is 4.84 Å². The van der Waals surface area contributed by atoms with Crippen LogP contribution < -0.4 is 0 Å². The highest BCUT2D eigenvalue weighted by molar-refractivity contribution is 5.80. The Balaban J connectivity index is 2.86. The first-order valence-corrected chi connectivity index (χ1v) is 3.32. The number of aromatic nitrogens is 1. The summed E-state index contributed by atoms with van der Waals surface area (Å²) in [5.41, 5.74) is 1.93. The number of pyridine rings is 1. The molecule has 0 aliphatic carbocycles. The molecule has 0 aromatic carbocycles. The van der Waals surface area contributed by atoms with E-state index in [0.29, 0.717) is 0 Å². The van der Waals surface area contributed by atoms with E-state index in [1.807, 2.05) is 19.1 Å². The molecule has 0 bridgehead atoms. The molecule has 1 heterocycles. The van der Waals surface area contributed by atoms with E-state index in [0.717, 1.165) is 11.3 Å². The number of nitrogens with zero attached hydrogens (tertiary/aromatic N) is 2. The monoisotopic (exact) mass is 150 g/mol. The van der Waals surface area contributed by atoms with Gasteiger partial charge in [0.05, 0.1) is 6.21 Å². The Bertz CT molecular complexity index is 258. The summed E-state index contributed by atoms with van der Waals surface area (Å²) in [6, 6.07) is 3.80. The van der Waals surface area contributed by atoms with Crippen molar-refractivity contribution in [3.63, 3.8) is 0 Å². The fourth-order valence-electron chi connectivity index (χ4n) is 0.743. The number of hydrogen-bond acceptors (Lipinski definition) is 3. The maximum absolute atomic E-state index is 4.54. The van der Waals surface area contributed by atoms with Crippen molar-refractivity contribution < 1.29 is 4.84 Å². The molecule has 1 rings (SSSR count). The molecule has 58 valence electrons. The van der Waals surface area contributed by atoms with E-state index >= 15 is 0 Å². The van der Waals surface area contributed by atoms with Crippen LogP contribution in [0, 0.1) is 6.92 Å². The predicted molar refractivity (Wildman–Crippen MR) is 43.6 cm³/mol. The summed E-state index contributed by atoms with van der Waals surface area (Å²) in [5.74, 6) is 0. The Hall–Kier alpha value is -1.38. The maximum Gasteiger partial charge on any atom is 0.106 e. The molecule has 1 aromatic heterocycles. The van der Waals surface area contributed by atoms with Crippen molar-refractivity contribution in [2.75, 3.05) is 7.11 Å². The molecule has 0 fully saturated rings. The van der Waals surface area contributed by atoms with Gasteiger partial charge in [-0.3, -0.25) is 4.98 Å². The lowest BCUT2D eigenvalue weighted by Crippen LogP contribution is -1.89. The lowest BCUT2D eigenvalue weighted by atomic mass is 10.2. The normalized spacial score (nSPS) is 10.4. The van der Waals surface area contributed by atoms with Crippen molar-refractivity contribution in [1.29, 1.82) is 0 Å². The molecular formula is C8H10N2O. The number of rotatable bonds is 2. The lowest BCUT2D eigenvalue weighted by molar-refractivity contribution is 0.215. The fourth-order valence-corrected chi connectivity index (χ4v) is 0.743. The van der Waals surface area contributed by atoms with Crippen LogP contribution >= 0.6 is 0 Å². The minimum atomic E-state index is 0.952. The maximum atomic E-state index is 4.54. The first-order chi connectivity index (χ1) is 5.34. The Labute approximate surface area is 65.7 Å². The van der Waals surface area contributed by atoms with Gasteiger partial charge in [-0.05, 0) is 19.1 Å². The number of hydrogen-bond donors (Lipinski definition) is 0. The van der Waals surface area contributed by atoms with Crippen molar-refractivity contribution in [2.24, 2.45) is 5.16 Å². The average Bonchev–Trinajstić information content (AvgIpc) is 2.03. The summed E-state index contributed by atoms with van der Waals surface area (Å²) in [6.45, 7) is 1.93. The molecule has 0 spiro atoms. The van der Waals surface area contributed by atoms with Crippen LogP contribution in [0.4, 0.5) is 0 Å². The second-order valence-corrected chi connectivity index (χ2v) is 2.10. The van der Waals surface area contributed by atoms with Gasteiger partial charge in [0.25, 0.3) is 0 Å². The van der Waals surface area contributed by atoms with Gasteiger partial charge in [-0.1, -0.05) is 5.16 Å². The van der Waals surface area contributed by atoms with Crippen LogP contribution in [-0.4, -0.2) is 18.3 Å². The summed E-state index contributed by atoms with van der Waals surface area (Å²) in [6.07, 6.45) is 3.39. The van der Waals surface area contributed by atoms with Gasteiger partial charge in [-0.25, -0.2) is 0 Å². The molecule has 0 unspecified atom stereocenters. The van der Waals surface area contributed by atoms with Gasteiger partial charge in [0.2, 0.25) is 0 Å². The van der Waals surface area contributed by atoms with Gasteiger partial charge in [-0.15, -0.1) is 0 Å². The second kappa shape index (κ2) is 3.71. The standard InChI is InChI=1S/C8H10N2O/c1-7-8(6-10-11-2)4-3-5-9-7/h3-6H,1-2H3/b10-6+. The first-order valence-electron chi connectivity index (χ1n) is 3.32. The van der Waals surface area contributed by atoms with Gasteiger partial charge in [0, 0.05) is 17.5 Å². The van der Waals surface area contributed by atoms with E-state index in [2.05, 4.69) is 15.0 Å². The van der Waals surface area contributed by atoms with Crippen molar-refractivity contribution in [1.82, 2.24) is 4.98 Å². The number of oxime groups is 1. The summed E-state index contributed by atoms with van der Waals surface area (Å²) in [7, 11) is 1.52. The molecule has 0 N–H and O–H groups in total. The molecule has 0 atom stereocenters. The van der Waals surface area contributed by atoms with Crippen LogP contribution in [0.3, 0.4) is 0 Å². The zero-order chi connectivity index (χ0) is 8.10. The highest BCUT2D eigenvalue weighted by atomic mass is 16.6. The smallest absolute Gasteiger partial charge is 0.106 e. The highest BCUT2D eigenvalue weighted by Gasteiger charge is 1.91. The summed E-state index contributed by atoms with van der Waals surface area (Å²) in [5, 5.41) is 3.64. The third-order valence-electron chi connectivity index (χ3n) is 1.35. The van der Waals surface area contributed by atoms with Gasteiger partial charge in [0.15, 0.2) is 0 Å². The van der Waals surface area contributed by atoms with E-state index in [9.17, 15) is 0 Å². The predicted octanol–water partition coefficient (Wildman–Crippen LogP) is 1.37. The summed E-state index contributed by atoms with van der Waals surface area (Å²) < 4.78 is 0. The number of aryl methyl sites for hydroxylation is 1. The zero-order valence-electron chi connectivity index (χ0n) is 6.61. The van der Waals surface area contributed by atoms with E-state index in [-0.39, 0.29) is 0 Å². The molecule has 3 heteroatoms. The third kappa shape index (κ3) is 2.04. The van der Waals surface area contributed by atoms with E-state index in [1.54, 1.807) is 12.4 Å². The van der Waals surface area contributed by atoms with Gasteiger partial charge in [0.1, 0.15) is 7.11 Å². The molecule has 11 heavy (non-hydrogen) atoms. The SMILES string of the molecule is CO/N=C/c1cccnc1C. The molecule has 0 aliphatic heterocycles. The van der Waals surface area contributed by atoms with Crippen LogP contribution in [0.1, 0.15) is 11.3 Å². The first kappa shape index (κ1) is 7.72. The molecule has 0 amide bonds. The minimum Gasteiger partial charge on any atom is -0.399 e. The van der Waals surface area contributed by atoms with E-state index in [1.165, 1.54) is 7.11 Å².